The minimum atomic E-state index is -0.918. The van der Waals surface area contributed by atoms with Gasteiger partial charge in [-0.15, -0.1) is 0 Å². The third-order valence-corrected chi connectivity index (χ3v) is 3.77. The van der Waals surface area contributed by atoms with Gasteiger partial charge in [0.2, 0.25) is 5.91 Å². The van der Waals surface area contributed by atoms with Crippen molar-refractivity contribution in [1.82, 2.24) is 4.90 Å². The van der Waals surface area contributed by atoms with Crippen LogP contribution in [-0.4, -0.2) is 34.6 Å². The first kappa shape index (κ1) is 15.0. The fraction of sp³-hybridized carbons (Fsp3) is 0.857. The zero-order valence-electron chi connectivity index (χ0n) is 11.9. The number of likely N-dealkylation sites (tertiary alicyclic amines) is 1. The summed E-state index contributed by atoms with van der Waals surface area (Å²) in [6.45, 7) is 8.72. The summed E-state index contributed by atoms with van der Waals surface area (Å²) in [5.74, 6) is -0.209. The highest BCUT2D eigenvalue weighted by atomic mass is 16.3. The van der Waals surface area contributed by atoms with Crippen LogP contribution in [0.3, 0.4) is 0 Å². The fourth-order valence-corrected chi connectivity index (χ4v) is 2.51. The monoisotopic (exact) mass is 252 g/mol. The van der Waals surface area contributed by atoms with Gasteiger partial charge in [-0.2, -0.15) is 5.26 Å². The molecular weight excluding hydrogens is 228 g/mol. The van der Waals surface area contributed by atoms with Crippen LogP contribution < -0.4 is 0 Å². The molecule has 1 saturated heterocycles. The first-order chi connectivity index (χ1) is 8.24. The van der Waals surface area contributed by atoms with Crippen molar-refractivity contribution in [1.29, 1.82) is 5.26 Å². The number of nitriles is 1. The van der Waals surface area contributed by atoms with E-state index in [1.54, 1.807) is 4.90 Å². The Labute approximate surface area is 110 Å². The van der Waals surface area contributed by atoms with E-state index in [1.165, 1.54) is 0 Å². The molecule has 1 N–H and O–H groups in total. The summed E-state index contributed by atoms with van der Waals surface area (Å²) >= 11 is 0. The normalized spacial score (nSPS) is 21.2. The van der Waals surface area contributed by atoms with E-state index < -0.39 is 5.60 Å². The van der Waals surface area contributed by atoms with E-state index in [4.69, 9.17) is 5.26 Å². The maximum absolute atomic E-state index is 12.1. The lowest BCUT2D eigenvalue weighted by Crippen LogP contribution is -2.52. The maximum Gasteiger partial charge on any atom is 0.227 e. The number of aliphatic hydroxyl groups is 1. The molecule has 102 valence electrons. The zero-order valence-corrected chi connectivity index (χ0v) is 11.9. The molecule has 0 aromatic rings. The Balaban J connectivity index is 2.67. The molecule has 0 spiro atoms. The van der Waals surface area contributed by atoms with Gasteiger partial charge in [0.05, 0.1) is 17.6 Å². The molecule has 0 saturated carbocycles. The summed E-state index contributed by atoms with van der Waals surface area (Å²) in [5.41, 5.74) is -1.30. The van der Waals surface area contributed by atoms with E-state index in [1.807, 2.05) is 27.7 Å². The molecule has 1 rings (SSSR count). The van der Waals surface area contributed by atoms with Crippen LogP contribution in [0, 0.1) is 22.7 Å². The predicted molar refractivity (Wildman–Crippen MR) is 69.6 cm³/mol. The third kappa shape index (κ3) is 3.02. The van der Waals surface area contributed by atoms with Gasteiger partial charge in [-0.1, -0.05) is 27.7 Å². The van der Waals surface area contributed by atoms with Crippen LogP contribution in [0.1, 0.15) is 47.0 Å². The third-order valence-electron chi connectivity index (χ3n) is 3.77. The van der Waals surface area contributed by atoms with Crippen LogP contribution in [0.5, 0.6) is 0 Å². The molecule has 1 atom stereocenters. The summed E-state index contributed by atoms with van der Waals surface area (Å²) in [5, 5.41) is 19.5. The smallest absolute Gasteiger partial charge is 0.227 e. The molecule has 0 radical (unpaired) electrons. The number of rotatable bonds is 2. The molecule has 1 fully saturated rings. The predicted octanol–water partition coefficient (Wildman–Crippen LogP) is 1.94. The highest BCUT2D eigenvalue weighted by molar-refractivity contribution is 5.81. The molecule has 4 heteroatoms. The van der Waals surface area contributed by atoms with Gasteiger partial charge in [0.1, 0.15) is 0 Å². The number of nitrogens with zero attached hydrogens (tertiary/aromatic N) is 2. The maximum atomic E-state index is 12.1. The minimum Gasteiger partial charge on any atom is -0.388 e. The minimum absolute atomic E-state index is 0.120. The highest BCUT2D eigenvalue weighted by Crippen LogP contribution is 2.33. The lowest BCUT2D eigenvalue weighted by molar-refractivity contribution is -0.144. The van der Waals surface area contributed by atoms with Crippen molar-refractivity contribution < 1.29 is 9.90 Å². The second-order valence-corrected chi connectivity index (χ2v) is 6.24. The van der Waals surface area contributed by atoms with E-state index in [0.717, 1.165) is 0 Å². The Morgan fingerprint density at radius 1 is 1.44 bits per heavy atom. The summed E-state index contributed by atoms with van der Waals surface area (Å²) < 4.78 is 0. The molecule has 0 aromatic carbocycles. The van der Waals surface area contributed by atoms with E-state index in [-0.39, 0.29) is 17.2 Å². The molecule has 4 nitrogen and oxygen atoms in total. The van der Waals surface area contributed by atoms with Crippen molar-refractivity contribution >= 4 is 5.91 Å². The van der Waals surface area contributed by atoms with Crippen LogP contribution in [0.2, 0.25) is 0 Å². The second kappa shape index (κ2) is 5.27. The number of hydrogen-bond donors (Lipinski definition) is 1. The lowest BCUT2D eigenvalue weighted by Gasteiger charge is -2.42. The number of amides is 1. The molecule has 18 heavy (non-hydrogen) atoms. The first-order valence-corrected chi connectivity index (χ1v) is 6.66. The van der Waals surface area contributed by atoms with Gasteiger partial charge in [0, 0.05) is 18.5 Å². The molecular formula is C14H24N2O2. The Kier molecular flexibility index (Phi) is 4.39. The molecule has 1 aliphatic heterocycles. The zero-order chi connectivity index (χ0) is 14.0. The number of hydrogen-bond acceptors (Lipinski definition) is 3. The average Bonchev–Trinajstić information content (AvgIpc) is 2.29. The van der Waals surface area contributed by atoms with Crippen molar-refractivity contribution in [3.8, 4) is 6.07 Å². The lowest BCUT2D eigenvalue weighted by atomic mass is 9.78. The first-order valence-electron chi connectivity index (χ1n) is 6.66. The summed E-state index contributed by atoms with van der Waals surface area (Å²) in [4.78, 5) is 13.9. The van der Waals surface area contributed by atoms with Gasteiger partial charge < -0.3 is 10.0 Å². The van der Waals surface area contributed by atoms with Gasteiger partial charge in [-0.25, -0.2) is 0 Å². The van der Waals surface area contributed by atoms with Gasteiger partial charge in [0.15, 0.2) is 0 Å². The summed E-state index contributed by atoms with van der Waals surface area (Å²) in [6.07, 6.45) is 1.65. The molecule has 0 bridgehead atoms. The summed E-state index contributed by atoms with van der Waals surface area (Å²) in [6, 6.07) is 2.18. The summed E-state index contributed by atoms with van der Waals surface area (Å²) in [7, 11) is 0. The van der Waals surface area contributed by atoms with Crippen molar-refractivity contribution in [2.75, 3.05) is 13.1 Å². The molecule has 1 aliphatic rings. The quantitative estimate of drug-likeness (QED) is 0.816. The van der Waals surface area contributed by atoms with E-state index in [9.17, 15) is 9.90 Å². The molecule has 0 aromatic heterocycles. The van der Waals surface area contributed by atoms with Crippen LogP contribution in [0.15, 0.2) is 0 Å². The van der Waals surface area contributed by atoms with Crippen LogP contribution >= 0.6 is 0 Å². The second-order valence-electron chi connectivity index (χ2n) is 6.24. The number of carbonyl (C=O) groups excluding carboxylic acids is 1. The molecule has 1 heterocycles. The number of piperidine rings is 1. The van der Waals surface area contributed by atoms with Gasteiger partial charge >= 0.3 is 0 Å². The molecule has 1 amide bonds. The Morgan fingerprint density at radius 2 is 1.94 bits per heavy atom. The van der Waals surface area contributed by atoms with Gasteiger partial charge in [0.25, 0.3) is 0 Å². The topological polar surface area (TPSA) is 64.3 Å². The SMILES string of the molecule is CCC(C#N)C1(O)CCN(C(=O)C(C)(C)C)CC1. The van der Waals surface area contributed by atoms with Crippen molar-refractivity contribution in [3.05, 3.63) is 0 Å². The van der Waals surface area contributed by atoms with Crippen molar-refractivity contribution in [3.63, 3.8) is 0 Å². The Bertz CT molecular complexity index is 344. The van der Waals surface area contributed by atoms with E-state index in [2.05, 4.69) is 6.07 Å². The molecule has 1 unspecified atom stereocenters. The Morgan fingerprint density at radius 3 is 2.28 bits per heavy atom. The fourth-order valence-electron chi connectivity index (χ4n) is 2.51. The van der Waals surface area contributed by atoms with Gasteiger partial charge in [-0.05, 0) is 19.3 Å². The van der Waals surface area contributed by atoms with Crippen molar-refractivity contribution in [2.24, 2.45) is 11.3 Å². The standard InChI is InChI=1S/C14H24N2O2/c1-5-11(10-15)14(18)6-8-16(9-7-14)12(17)13(2,3)4/h11,18H,5-9H2,1-4H3. The number of carbonyl (C=O) groups is 1. The Hall–Kier alpha value is -1.08. The highest BCUT2D eigenvalue weighted by Gasteiger charge is 2.41. The van der Waals surface area contributed by atoms with Gasteiger partial charge in [-0.3, -0.25) is 4.79 Å². The van der Waals surface area contributed by atoms with Crippen LogP contribution in [0.25, 0.3) is 0 Å². The van der Waals surface area contributed by atoms with E-state index in [0.29, 0.717) is 32.4 Å². The average molecular weight is 252 g/mol. The van der Waals surface area contributed by atoms with Crippen LogP contribution in [0.4, 0.5) is 0 Å². The van der Waals surface area contributed by atoms with Crippen LogP contribution in [-0.2, 0) is 4.79 Å². The van der Waals surface area contributed by atoms with E-state index >= 15 is 0 Å². The van der Waals surface area contributed by atoms with Crippen molar-refractivity contribution in [2.45, 2.75) is 52.6 Å². The molecule has 0 aliphatic carbocycles. The largest absolute Gasteiger partial charge is 0.388 e.